The molecule has 0 unspecified atom stereocenters. The van der Waals surface area contributed by atoms with Crippen LogP contribution in [0.3, 0.4) is 0 Å². The van der Waals surface area contributed by atoms with Crippen molar-refractivity contribution in [2.24, 2.45) is 0 Å². The van der Waals surface area contributed by atoms with Crippen molar-refractivity contribution in [1.29, 1.82) is 0 Å². The Morgan fingerprint density at radius 3 is 2.62 bits per heavy atom. The molecule has 0 aliphatic carbocycles. The van der Waals surface area contributed by atoms with E-state index in [0.717, 1.165) is 42.3 Å². The third-order valence-corrected chi connectivity index (χ3v) is 4.31. The van der Waals surface area contributed by atoms with Gasteiger partial charge in [0, 0.05) is 24.2 Å². The summed E-state index contributed by atoms with van der Waals surface area (Å²) in [5.41, 5.74) is 1.68. The number of aryl methyl sites for hydroxylation is 1. The van der Waals surface area contributed by atoms with Gasteiger partial charge < -0.3 is 19.4 Å². The fourth-order valence-corrected chi connectivity index (χ4v) is 2.89. The van der Waals surface area contributed by atoms with Gasteiger partial charge in [0.25, 0.3) is 5.56 Å². The molecule has 0 saturated heterocycles. The summed E-state index contributed by atoms with van der Waals surface area (Å²) >= 11 is 0. The molecule has 26 heavy (non-hydrogen) atoms. The number of rotatable bonds is 11. The number of hydrogen-bond acceptors (Lipinski definition) is 4. The van der Waals surface area contributed by atoms with Crippen LogP contribution in [0.1, 0.15) is 39.5 Å². The highest BCUT2D eigenvalue weighted by Gasteiger charge is 2.19. The summed E-state index contributed by atoms with van der Waals surface area (Å²) in [5.74, 6) is 0.834. The van der Waals surface area contributed by atoms with Crippen LogP contribution in [0, 0.1) is 0 Å². The van der Waals surface area contributed by atoms with Gasteiger partial charge in [-0.1, -0.05) is 32.8 Å². The molecule has 0 aliphatic rings. The van der Waals surface area contributed by atoms with Crippen LogP contribution in [0.15, 0.2) is 35.6 Å². The number of methoxy groups -OCH3 is 1. The molecule has 0 spiro atoms. The van der Waals surface area contributed by atoms with Crippen molar-refractivity contribution < 1.29 is 9.47 Å². The molecule has 1 aromatic heterocycles. The summed E-state index contributed by atoms with van der Waals surface area (Å²) in [5, 5.41) is 4.17. The van der Waals surface area contributed by atoms with Gasteiger partial charge in [-0.25, -0.2) is 0 Å². The lowest BCUT2D eigenvalue weighted by molar-refractivity contribution is 0.283. The zero-order valence-corrected chi connectivity index (χ0v) is 16.1. The molecular formula is C21H30N2O3. The van der Waals surface area contributed by atoms with Crippen molar-refractivity contribution in [3.8, 4) is 11.5 Å². The predicted molar refractivity (Wildman–Crippen MR) is 109 cm³/mol. The molecule has 1 N–H and O–H groups in total. The molecule has 0 aliphatic heterocycles. The van der Waals surface area contributed by atoms with E-state index in [0.29, 0.717) is 31.2 Å². The van der Waals surface area contributed by atoms with Crippen molar-refractivity contribution >= 4 is 16.6 Å². The van der Waals surface area contributed by atoms with Crippen LogP contribution in [0.4, 0.5) is 5.69 Å². The highest BCUT2D eigenvalue weighted by Crippen LogP contribution is 2.34. The number of unbranched alkanes of at least 4 members (excludes halogenated alkanes) is 2. The van der Waals surface area contributed by atoms with E-state index in [2.05, 4.69) is 25.7 Å². The minimum atomic E-state index is -0.125. The summed E-state index contributed by atoms with van der Waals surface area (Å²) in [4.78, 5) is 13.1. The largest absolute Gasteiger partial charge is 0.492 e. The normalized spacial score (nSPS) is 10.7. The van der Waals surface area contributed by atoms with E-state index in [1.54, 1.807) is 13.2 Å². The highest BCUT2D eigenvalue weighted by molar-refractivity contribution is 5.90. The quantitative estimate of drug-likeness (QED) is 0.472. The van der Waals surface area contributed by atoms with Gasteiger partial charge >= 0.3 is 0 Å². The van der Waals surface area contributed by atoms with Gasteiger partial charge in [-0.05, 0) is 31.0 Å². The third-order valence-electron chi connectivity index (χ3n) is 4.31. The van der Waals surface area contributed by atoms with Gasteiger partial charge in [0.1, 0.15) is 0 Å². The maximum Gasteiger partial charge on any atom is 0.297 e. The van der Waals surface area contributed by atoms with E-state index in [-0.39, 0.29) is 5.56 Å². The van der Waals surface area contributed by atoms with Gasteiger partial charge in [0.2, 0.25) is 5.75 Å². The molecule has 1 aromatic carbocycles. The minimum Gasteiger partial charge on any atom is -0.492 e. The van der Waals surface area contributed by atoms with E-state index in [9.17, 15) is 4.79 Å². The van der Waals surface area contributed by atoms with E-state index in [1.165, 1.54) is 0 Å². The van der Waals surface area contributed by atoms with Crippen molar-refractivity contribution in [1.82, 2.24) is 4.57 Å². The molecule has 0 atom stereocenters. The number of pyridine rings is 1. The Balaban J connectivity index is 2.62. The average Bonchev–Trinajstić information content (AvgIpc) is 2.66. The van der Waals surface area contributed by atoms with E-state index in [4.69, 9.17) is 9.47 Å². The first-order valence-corrected chi connectivity index (χ1v) is 9.40. The summed E-state index contributed by atoms with van der Waals surface area (Å²) < 4.78 is 13.2. The lowest BCUT2D eigenvalue weighted by Gasteiger charge is -2.18. The standard InChI is InChI=1S/C21H30N2O3/c1-5-8-13-23-18-15-16(22-12-7-3)10-11-17(18)19(25-4)20(21(23)24)26-14-9-6-2/h7,10-11,15,22H,3,5-6,8-9,12-14H2,1-2,4H3. The first-order valence-electron chi connectivity index (χ1n) is 9.40. The van der Waals surface area contributed by atoms with Crippen molar-refractivity contribution in [3.63, 3.8) is 0 Å². The Morgan fingerprint density at radius 1 is 1.19 bits per heavy atom. The van der Waals surface area contributed by atoms with E-state index >= 15 is 0 Å². The van der Waals surface area contributed by atoms with E-state index < -0.39 is 0 Å². The number of hydrogen-bond donors (Lipinski definition) is 1. The second-order valence-electron chi connectivity index (χ2n) is 6.28. The van der Waals surface area contributed by atoms with Gasteiger partial charge in [0.15, 0.2) is 5.75 Å². The predicted octanol–water partition coefficient (Wildman–Crippen LogP) is 4.59. The van der Waals surface area contributed by atoms with Crippen LogP contribution in [-0.2, 0) is 6.54 Å². The maximum atomic E-state index is 13.1. The van der Waals surface area contributed by atoms with Gasteiger partial charge in [0.05, 0.1) is 19.2 Å². The summed E-state index contributed by atoms with van der Waals surface area (Å²) in [6.07, 6.45) is 5.66. The number of nitrogens with zero attached hydrogens (tertiary/aromatic N) is 1. The average molecular weight is 358 g/mol. The zero-order chi connectivity index (χ0) is 18.9. The fourth-order valence-electron chi connectivity index (χ4n) is 2.89. The summed E-state index contributed by atoms with van der Waals surface area (Å²) in [7, 11) is 1.58. The van der Waals surface area contributed by atoms with Crippen LogP contribution in [0.25, 0.3) is 10.9 Å². The Hall–Kier alpha value is -2.43. The number of aromatic nitrogens is 1. The maximum absolute atomic E-state index is 13.1. The molecule has 0 bridgehead atoms. The molecule has 142 valence electrons. The first kappa shape index (κ1) is 19.9. The molecular weight excluding hydrogens is 328 g/mol. The number of benzene rings is 1. The third kappa shape index (κ3) is 4.40. The lowest BCUT2D eigenvalue weighted by atomic mass is 10.1. The molecule has 0 saturated carbocycles. The smallest absolute Gasteiger partial charge is 0.297 e. The second kappa shape index (κ2) is 9.90. The van der Waals surface area contributed by atoms with Gasteiger partial charge in [-0.15, -0.1) is 6.58 Å². The number of anilines is 1. The molecule has 2 aromatic rings. The number of nitrogens with one attached hydrogen (secondary N) is 1. The minimum absolute atomic E-state index is 0.125. The van der Waals surface area contributed by atoms with E-state index in [1.807, 2.05) is 22.8 Å². The van der Waals surface area contributed by atoms with Gasteiger partial charge in [-0.2, -0.15) is 0 Å². The number of fused-ring (bicyclic) bond motifs is 1. The Kier molecular flexibility index (Phi) is 7.57. The monoisotopic (exact) mass is 358 g/mol. The fraction of sp³-hybridized carbons (Fsp3) is 0.476. The summed E-state index contributed by atoms with van der Waals surface area (Å²) in [6, 6.07) is 5.96. The van der Waals surface area contributed by atoms with Gasteiger partial charge in [-0.3, -0.25) is 4.79 Å². The molecule has 5 nitrogen and oxygen atoms in total. The van der Waals surface area contributed by atoms with Crippen LogP contribution in [-0.4, -0.2) is 24.8 Å². The Morgan fingerprint density at radius 2 is 1.96 bits per heavy atom. The highest BCUT2D eigenvalue weighted by atomic mass is 16.5. The van der Waals surface area contributed by atoms with Crippen LogP contribution < -0.4 is 20.3 Å². The Labute approximate surface area is 155 Å². The lowest BCUT2D eigenvalue weighted by Crippen LogP contribution is -2.24. The molecule has 0 fully saturated rings. The zero-order valence-electron chi connectivity index (χ0n) is 16.1. The number of ether oxygens (including phenoxy) is 2. The van der Waals surface area contributed by atoms with Crippen LogP contribution >= 0.6 is 0 Å². The van der Waals surface area contributed by atoms with Crippen LogP contribution in [0.5, 0.6) is 11.5 Å². The van der Waals surface area contributed by atoms with Crippen molar-refractivity contribution in [2.45, 2.75) is 46.1 Å². The SMILES string of the molecule is C=CCNc1ccc2c(OC)c(OCCCC)c(=O)n(CCCC)c2c1. The van der Waals surface area contributed by atoms with Crippen molar-refractivity contribution in [3.05, 3.63) is 41.2 Å². The van der Waals surface area contributed by atoms with Crippen LogP contribution in [0.2, 0.25) is 0 Å². The Bertz CT molecular complexity index is 796. The topological polar surface area (TPSA) is 52.5 Å². The van der Waals surface area contributed by atoms with Crippen molar-refractivity contribution in [2.75, 3.05) is 25.6 Å². The first-order chi connectivity index (χ1) is 12.7. The molecule has 5 heteroatoms. The molecule has 2 rings (SSSR count). The molecule has 0 amide bonds. The molecule has 0 radical (unpaired) electrons. The second-order valence-corrected chi connectivity index (χ2v) is 6.28. The molecule has 1 heterocycles. The summed E-state index contributed by atoms with van der Waals surface area (Å²) in [6.45, 7) is 9.78.